The van der Waals surface area contributed by atoms with Crippen molar-refractivity contribution < 1.29 is 4.74 Å². The molecule has 0 aliphatic rings. The van der Waals surface area contributed by atoms with Gasteiger partial charge in [0.15, 0.2) is 0 Å². The lowest BCUT2D eigenvalue weighted by molar-refractivity contribution is 0.119. The first-order chi connectivity index (χ1) is 7.33. The van der Waals surface area contributed by atoms with Crippen molar-refractivity contribution in [1.82, 2.24) is 0 Å². The fraction of sp³-hybridized carbons (Fsp3) is 0.667. The molecular formula is C12H19BrOS. The van der Waals surface area contributed by atoms with Crippen molar-refractivity contribution in [1.29, 1.82) is 0 Å². The Bertz CT molecular complexity index is 260. The van der Waals surface area contributed by atoms with E-state index in [9.17, 15) is 0 Å². The summed E-state index contributed by atoms with van der Waals surface area (Å²) in [6.45, 7) is 3.91. The van der Waals surface area contributed by atoms with Gasteiger partial charge in [-0.3, -0.25) is 0 Å². The summed E-state index contributed by atoms with van der Waals surface area (Å²) in [5.74, 6) is 0. The van der Waals surface area contributed by atoms with E-state index < -0.39 is 0 Å². The highest BCUT2D eigenvalue weighted by atomic mass is 79.9. The Balaban J connectivity index is 1.93. The van der Waals surface area contributed by atoms with Crippen LogP contribution < -0.4 is 0 Å². The van der Waals surface area contributed by atoms with Crippen molar-refractivity contribution in [3.8, 4) is 0 Å². The molecule has 86 valence electrons. The molecule has 0 aliphatic heterocycles. The lowest BCUT2D eigenvalue weighted by Gasteiger charge is -2.02. The van der Waals surface area contributed by atoms with Crippen molar-refractivity contribution in [2.24, 2.45) is 0 Å². The Labute approximate surface area is 105 Å². The Hall–Kier alpha value is 0.140. The molecule has 3 heteroatoms. The maximum absolute atomic E-state index is 5.60. The van der Waals surface area contributed by atoms with E-state index >= 15 is 0 Å². The van der Waals surface area contributed by atoms with Crippen LogP contribution in [0, 0.1) is 0 Å². The van der Waals surface area contributed by atoms with Crippen LogP contribution in [0.5, 0.6) is 0 Å². The van der Waals surface area contributed by atoms with Crippen LogP contribution in [0.3, 0.4) is 0 Å². The second-order valence-corrected chi connectivity index (χ2v) is 5.61. The second kappa shape index (κ2) is 8.31. The summed E-state index contributed by atoms with van der Waals surface area (Å²) in [6, 6.07) is 2.13. The van der Waals surface area contributed by atoms with E-state index in [1.54, 1.807) is 11.3 Å². The average molecular weight is 291 g/mol. The molecular weight excluding hydrogens is 272 g/mol. The lowest BCUT2D eigenvalue weighted by Crippen LogP contribution is -1.93. The van der Waals surface area contributed by atoms with Gasteiger partial charge in [-0.05, 0) is 28.4 Å². The van der Waals surface area contributed by atoms with Gasteiger partial charge in [-0.1, -0.05) is 32.6 Å². The van der Waals surface area contributed by atoms with Gasteiger partial charge in [0.05, 0.1) is 6.61 Å². The summed E-state index contributed by atoms with van der Waals surface area (Å²) in [6.07, 6.45) is 6.53. The lowest BCUT2D eigenvalue weighted by atomic mass is 10.2. The van der Waals surface area contributed by atoms with E-state index in [0.717, 1.165) is 17.7 Å². The molecule has 0 fully saturated rings. The van der Waals surface area contributed by atoms with Crippen LogP contribution in [0.2, 0.25) is 0 Å². The number of unbranched alkanes of at least 4 members (excludes halogenated alkanes) is 4. The first-order valence-corrected chi connectivity index (χ1v) is 7.31. The van der Waals surface area contributed by atoms with Gasteiger partial charge in [0, 0.05) is 21.3 Å². The number of rotatable bonds is 8. The third-order valence-corrected chi connectivity index (χ3v) is 3.93. The average Bonchev–Trinajstić information content (AvgIpc) is 2.63. The highest BCUT2D eigenvalue weighted by molar-refractivity contribution is 9.10. The van der Waals surface area contributed by atoms with Gasteiger partial charge < -0.3 is 4.74 Å². The topological polar surface area (TPSA) is 9.23 Å². The summed E-state index contributed by atoms with van der Waals surface area (Å²) >= 11 is 5.19. The summed E-state index contributed by atoms with van der Waals surface area (Å²) < 4.78 is 6.76. The molecule has 0 spiro atoms. The first-order valence-electron chi connectivity index (χ1n) is 5.63. The molecule has 1 nitrogen and oxygen atoms in total. The van der Waals surface area contributed by atoms with E-state index in [2.05, 4.69) is 34.3 Å². The van der Waals surface area contributed by atoms with E-state index in [1.807, 2.05) is 0 Å². The highest BCUT2D eigenvalue weighted by Crippen LogP contribution is 2.20. The van der Waals surface area contributed by atoms with Gasteiger partial charge in [-0.15, -0.1) is 11.3 Å². The third-order valence-electron chi connectivity index (χ3n) is 2.26. The molecule has 0 saturated carbocycles. The van der Waals surface area contributed by atoms with Crippen LogP contribution in [0.25, 0.3) is 0 Å². The summed E-state index contributed by atoms with van der Waals surface area (Å²) in [4.78, 5) is 1.30. The van der Waals surface area contributed by atoms with E-state index in [1.165, 1.54) is 37.0 Å². The summed E-state index contributed by atoms with van der Waals surface area (Å²) in [5, 5.41) is 2.10. The molecule has 0 N–H and O–H groups in total. The standard InChI is InChI=1S/C12H19BrOS/c1-2-3-4-5-6-7-14-9-12-8-11(13)10-15-12/h8,10H,2-7,9H2,1H3. The van der Waals surface area contributed by atoms with Crippen LogP contribution in [-0.2, 0) is 11.3 Å². The van der Waals surface area contributed by atoms with E-state index in [-0.39, 0.29) is 0 Å². The SMILES string of the molecule is CCCCCCCOCc1cc(Br)cs1. The van der Waals surface area contributed by atoms with Gasteiger partial charge in [-0.25, -0.2) is 0 Å². The maximum Gasteiger partial charge on any atom is 0.0809 e. The minimum absolute atomic E-state index is 0.768. The van der Waals surface area contributed by atoms with Crippen molar-refractivity contribution >= 4 is 27.3 Å². The fourth-order valence-corrected chi connectivity index (χ4v) is 2.80. The van der Waals surface area contributed by atoms with Gasteiger partial charge >= 0.3 is 0 Å². The summed E-state index contributed by atoms with van der Waals surface area (Å²) in [7, 11) is 0. The minimum Gasteiger partial charge on any atom is -0.376 e. The van der Waals surface area contributed by atoms with Crippen LogP contribution >= 0.6 is 27.3 Å². The number of hydrogen-bond acceptors (Lipinski definition) is 2. The third kappa shape index (κ3) is 6.33. The number of hydrogen-bond donors (Lipinski definition) is 0. The Morgan fingerprint density at radius 2 is 2.07 bits per heavy atom. The highest BCUT2D eigenvalue weighted by Gasteiger charge is 1.97. The molecule has 0 bridgehead atoms. The maximum atomic E-state index is 5.60. The fourth-order valence-electron chi connectivity index (χ4n) is 1.41. The predicted octanol–water partition coefficient (Wildman–Crippen LogP) is 5.00. The minimum atomic E-state index is 0.768. The number of ether oxygens (including phenoxy) is 1. The van der Waals surface area contributed by atoms with Crippen LogP contribution in [-0.4, -0.2) is 6.61 Å². The van der Waals surface area contributed by atoms with Crippen molar-refractivity contribution in [2.45, 2.75) is 45.6 Å². The second-order valence-electron chi connectivity index (χ2n) is 3.70. The van der Waals surface area contributed by atoms with Crippen LogP contribution in [0.1, 0.15) is 43.9 Å². The van der Waals surface area contributed by atoms with Gasteiger partial charge in [-0.2, -0.15) is 0 Å². The van der Waals surface area contributed by atoms with Crippen molar-refractivity contribution in [3.05, 3.63) is 20.8 Å². The monoisotopic (exact) mass is 290 g/mol. The first kappa shape index (κ1) is 13.2. The van der Waals surface area contributed by atoms with Crippen molar-refractivity contribution in [3.63, 3.8) is 0 Å². The van der Waals surface area contributed by atoms with Crippen LogP contribution in [0.15, 0.2) is 15.9 Å². The zero-order valence-corrected chi connectivity index (χ0v) is 11.7. The molecule has 1 rings (SSSR count). The Morgan fingerprint density at radius 1 is 1.27 bits per heavy atom. The molecule has 15 heavy (non-hydrogen) atoms. The zero-order chi connectivity index (χ0) is 10.9. The molecule has 0 aliphatic carbocycles. The van der Waals surface area contributed by atoms with Crippen molar-refractivity contribution in [2.75, 3.05) is 6.61 Å². The number of halogens is 1. The molecule has 0 unspecified atom stereocenters. The Kier molecular flexibility index (Phi) is 7.32. The largest absolute Gasteiger partial charge is 0.376 e. The van der Waals surface area contributed by atoms with E-state index in [0.29, 0.717) is 0 Å². The molecule has 0 atom stereocenters. The van der Waals surface area contributed by atoms with Gasteiger partial charge in [0.1, 0.15) is 0 Å². The Morgan fingerprint density at radius 3 is 2.73 bits per heavy atom. The number of thiophene rings is 1. The predicted molar refractivity (Wildman–Crippen MR) is 70.4 cm³/mol. The molecule has 0 radical (unpaired) electrons. The van der Waals surface area contributed by atoms with E-state index in [4.69, 9.17) is 4.74 Å². The molecule has 1 aromatic heterocycles. The van der Waals surface area contributed by atoms with Gasteiger partial charge in [0.25, 0.3) is 0 Å². The molecule has 0 saturated heterocycles. The zero-order valence-electron chi connectivity index (χ0n) is 9.30. The van der Waals surface area contributed by atoms with Gasteiger partial charge in [0.2, 0.25) is 0 Å². The quantitative estimate of drug-likeness (QED) is 0.613. The van der Waals surface area contributed by atoms with Crippen LogP contribution in [0.4, 0.5) is 0 Å². The summed E-state index contributed by atoms with van der Waals surface area (Å²) in [5.41, 5.74) is 0. The molecule has 0 aromatic carbocycles. The molecule has 1 heterocycles. The normalized spacial score (nSPS) is 10.8. The molecule has 1 aromatic rings. The molecule has 0 amide bonds. The smallest absolute Gasteiger partial charge is 0.0809 e.